The van der Waals surface area contributed by atoms with E-state index in [1.807, 2.05) is 18.2 Å². The number of carbonyl (C=O) groups is 1. The van der Waals surface area contributed by atoms with E-state index in [1.165, 1.54) is 19.3 Å². The number of nitrogens with one attached hydrogen (secondary N) is 1. The monoisotopic (exact) mass is 566 g/mol. The van der Waals surface area contributed by atoms with Crippen molar-refractivity contribution < 1.29 is 14.3 Å². The SMILES string of the molecule is CCCCc1nnc(C(=O)NCC2(OC)CCN(C)CC2)cc1-c1ccc(OC2CCCCC2)cc1.Cl.Cl. The fourth-order valence-electron chi connectivity index (χ4n) is 5.21. The number of hydrogen-bond acceptors (Lipinski definition) is 6. The van der Waals surface area contributed by atoms with Gasteiger partial charge in [0.1, 0.15) is 5.75 Å². The Labute approximate surface area is 240 Å². The van der Waals surface area contributed by atoms with Crippen molar-refractivity contribution in [3.05, 3.63) is 41.7 Å². The molecule has 1 amide bonds. The Morgan fingerprint density at radius 1 is 1.08 bits per heavy atom. The van der Waals surface area contributed by atoms with E-state index in [1.54, 1.807) is 7.11 Å². The van der Waals surface area contributed by atoms with Crippen LogP contribution in [0.25, 0.3) is 11.1 Å². The molecular formula is C29H44Cl2N4O3. The zero-order valence-corrected chi connectivity index (χ0v) is 24.7. The van der Waals surface area contributed by atoms with Gasteiger partial charge in [0, 0.05) is 32.3 Å². The van der Waals surface area contributed by atoms with Crippen molar-refractivity contribution in [2.24, 2.45) is 0 Å². The van der Waals surface area contributed by atoms with E-state index in [0.717, 1.165) is 80.6 Å². The van der Waals surface area contributed by atoms with E-state index >= 15 is 0 Å². The van der Waals surface area contributed by atoms with E-state index in [-0.39, 0.29) is 36.3 Å². The maximum atomic E-state index is 13.1. The number of aryl methyl sites for hydroxylation is 1. The van der Waals surface area contributed by atoms with Crippen LogP contribution in [0.4, 0.5) is 0 Å². The molecule has 2 aromatic rings. The zero-order chi connectivity index (χ0) is 25.4. The summed E-state index contributed by atoms with van der Waals surface area (Å²) >= 11 is 0. The number of rotatable bonds is 10. The summed E-state index contributed by atoms with van der Waals surface area (Å²) < 4.78 is 12.1. The summed E-state index contributed by atoms with van der Waals surface area (Å²) in [4.78, 5) is 15.4. The van der Waals surface area contributed by atoms with Gasteiger partial charge in [0.2, 0.25) is 0 Å². The minimum absolute atomic E-state index is 0. The third-order valence-corrected chi connectivity index (χ3v) is 7.79. The molecular weight excluding hydrogens is 523 g/mol. The van der Waals surface area contributed by atoms with Crippen molar-refractivity contribution in [3.8, 4) is 16.9 Å². The molecule has 0 bridgehead atoms. The lowest BCUT2D eigenvalue weighted by Gasteiger charge is -2.39. The molecule has 212 valence electrons. The minimum atomic E-state index is -0.326. The molecule has 1 N–H and O–H groups in total. The summed E-state index contributed by atoms with van der Waals surface area (Å²) in [6.45, 7) is 4.55. The van der Waals surface area contributed by atoms with Gasteiger partial charge in [-0.15, -0.1) is 29.9 Å². The molecule has 7 nitrogen and oxygen atoms in total. The molecule has 0 radical (unpaired) electrons. The van der Waals surface area contributed by atoms with Crippen LogP contribution in [0.2, 0.25) is 0 Å². The molecule has 0 atom stereocenters. The number of aromatic nitrogens is 2. The number of methoxy groups -OCH3 is 1. The highest BCUT2D eigenvalue weighted by Crippen LogP contribution is 2.29. The first-order valence-corrected chi connectivity index (χ1v) is 13.7. The second-order valence-electron chi connectivity index (χ2n) is 10.5. The molecule has 0 spiro atoms. The Bertz CT molecular complexity index is 992. The van der Waals surface area contributed by atoms with E-state index in [4.69, 9.17) is 9.47 Å². The summed E-state index contributed by atoms with van der Waals surface area (Å²) in [5, 5.41) is 11.9. The maximum Gasteiger partial charge on any atom is 0.271 e. The third-order valence-electron chi connectivity index (χ3n) is 7.79. The number of unbranched alkanes of at least 4 members (excludes halogenated alkanes) is 1. The molecule has 2 aliphatic rings. The van der Waals surface area contributed by atoms with Crippen LogP contribution in [0, 0.1) is 0 Å². The normalized spacial score (nSPS) is 17.7. The fourth-order valence-corrected chi connectivity index (χ4v) is 5.21. The molecule has 4 rings (SSSR count). The summed E-state index contributed by atoms with van der Waals surface area (Å²) in [6, 6.07) is 10.1. The lowest BCUT2D eigenvalue weighted by molar-refractivity contribution is -0.0502. The van der Waals surface area contributed by atoms with Crippen LogP contribution < -0.4 is 10.1 Å². The molecule has 2 fully saturated rings. The highest BCUT2D eigenvalue weighted by Gasteiger charge is 2.34. The lowest BCUT2D eigenvalue weighted by Crippen LogP contribution is -2.51. The first kappa shape index (κ1) is 32.3. The molecule has 0 unspecified atom stereocenters. The summed E-state index contributed by atoms with van der Waals surface area (Å²) in [6.07, 6.45) is 11.1. The van der Waals surface area contributed by atoms with Gasteiger partial charge in [-0.25, -0.2) is 0 Å². The highest BCUT2D eigenvalue weighted by atomic mass is 35.5. The van der Waals surface area contributed by atoms with Crippen LogP contribution in [0.5, 0.6) is 5.75 Å². The van der Waals surface area contributed by atoms with Gasteiger partial charge >= 0.3 is 0 Å². The van der Waals surface area contributed by atoms with E-state index in [0.29, 0.717) is 18.3 Å². The second-order valence-corrected chi connectivity index (χ2v) is 10.5. The first-order chi connectivity index (χ1) is 17.5. The topological polar surface area (TPSA) is 76.6 Å². The number of ether oxygens (including phenoxy) is 2. The van der Waals surface area contributed by atoms with Crippen molar-refractivity contribution >= 4 is 30.7 Å². The van der Waals surface area contributed by atoms with Gasteiger partial charge < -0.3 is 19.7 Å². The van der Waals surface area contributed by atoms with Crippen molar-refractivity contribution in [1.82, 2.24) is 20.4 Å². The summed E-state index contributed by atoms with van der Waals surface area (Å²) in [5.74, 6) is 0.696. The Morgan fingerprint density at radius 2 is 1.76 bits per heavy atom. The Morgan fingerprint density at radius 3 is 2.39 bits per heavy atom. The van der Waals surface area contributed by atoms with Crippen LogP contribution >= 0.6 is 24.8 Å². The van der Waals surface area contributed by atoms with Gasteiger partial charge in [0.25, 0.3) is 5.91 Å². The van der Waals surface area contributed by atoms with Crippen molar-refractivity contribution in [1.29, 1.82) is 0 Å². The average Bonchev–Trinajstić information content (AvgIpc) is 2.92. The predicted octanol–water partition coefficient (Wildman–Crippen LogP) is 5.88. The number of likely N-dealkylation sites (tertiary alicyclic amines) is 1. The number of halogens is 2. The van der Waals surface area contributed by atoms with Gasteiger partial charge in [-0.05, 0) is 82.2 Å². The third kappa shape index (κ3) is 8.54. The Balaban J connectivity index is 0.00000253. The number of benzene rings is 1. The Hall–Kier alpha value is -1.93. The minimum Gasteiger partial charge on any atom is -0.490 e. The number of piperidine rings is 1. The van der Waals surface area contributed by atoms with Gasteiger partial charge in [0.15, 0.2) is 5.69 Å². The molecule has 1 aromatic heterocycles. The number of nitrogens with zero attached hydrogens (tertiary/aromatic N) is 3. The van der Waals surface area contributed by atoms with E-state index < -0.39 is 0 Å². The van der Waals surface area contributed by atoms with E-state index in [2.05, 4.69) is 46.5 Å². The second kappa shape index (κ2) is 15.6. The molecule has 1 aliphatic carbocycles. The van der Waals surface area contributed by atoms with Crippen molar-refractivity contribution in [2.75, 3.05) is 33.8 Å². The van der Waals surface area contributed by atoms with Gasteiger partial charge in [-0.2, -0.15) is 5.10 Å². The number of carbonyl (C=O) groups excluding carboxylic acids is 1. The molecule has 2 heterocycles. The predicted molar refractivity (Wildman–Crippen MR) is 157 cm³/mol. The molecule has 1 aliphatic heterocycles. The largest absolute Gasteiger partial charge is 0.490 e. The van der Waals surface area contributed by atoms with Crippen molar-refractivity contribution in [2.45, 2.75) is 82.8 Å². The van der Waals surface area contributed by atoms with Crippen LogP contribution in [0.3, 0.4) is 0 Å². The molecule has 38 heavy (non-hydrogen) atoms. The molecule has 1 saturated carbocycles. The highest BCUT2D eigenvalue weighted by molar-refractivity contribution is 5.93. The summed E-state index contributed by atoms with van der Waals surface area (Å²) in [7, 11) is 3.85. The van der Waals surface area contributed by atoms with Gasteiger partial charge in [-0.1, -0.05) is 31.9 Å². The smallest absolute Gasteiger partial charge is 0.271 e. The molecule has 1 aromatic carbocycles. The molecule has 9 heteroatoms. The standard InChI is InChI=1S/C29H42N4O3.2ClH/c1-4-5-11-26-25(22-12-14-24(15-13-22)36-23-9-7-6-8-10-23)20-27(32-31-26)28(34)30-21-29(35-3)16-18-33(2)19-17-29;;/h12-15,20,23H,4-11,16-19,21H2,1-3H3,(H,30,34);2*1H. The number of amides is 1. The van der Waals surface area contributed by atoms with E-state index in [9.17, 15) is 4.79 Å². The number of hydrogen-bond donors (Lipinski definition) is 1. The fraction of sp³-hybridized carbons (Fsp3) is 0.621. The zero-order valence-electron chi connectivity index (χ0n) is 23.0. The van der Waals surface area contributed by atoms with Gasteiger partial charge in [0.05, 0.1) is 17.4 Å². The van der Waals surface area contributed by atoms with Gasteiger partial charge in [-0.3, -0.25) is 4.79 Å². The maximum absolute atomic E-state index is 13.1. The average molecular weight is 568 g/mol. The van der Waals surface area contributed by atoms with Crippen LogP contribution in [0.15, 0.2) is 30.3 Å². The van der Waals surface area contributed by atoms with Crippen molar-refractivity contribution in [3.63, 3.8) is 0 Å². The quantitative estimate of drug-likeness (QED) is 0.386. The van der Waals surface area contributed by atoms with Crippen LogP contribution in [-0.2, 0) is 11.2 Å². The summed E-state index contributed by atoms with van der Waals surface area (Å²) in [5.41, 5.74) is 2.94. The first-order valence-electron chi connectivity index (χ1n) is 13.7. The Kier molecular flexibility index (Phi) is 13.3. The van der Waals surface area contributed by atoms with Crippen LogP contribution in [0.1, 0.15) is 80.9 Å². The lowest BCUT2D eigenvalue weighted by atomic mass is 9.91. The molecule has 1 saturated heterocycles. The van der Waals surface area contributed by atoms with Crippen LogP contribution in [-0.4, -0.2) is 66.5 Å².